The fourth-order valence-corrected chi connectivity index (χ4v) is 5.39. The minimum absolute atomic E-state index is 0.242. The third-order valence-corrected chi connectivity index (χ3v) is 6.56. The van der Waals surface area contributed by atoms with Gasteiger partial charge in [0.1, 0.15) is 0 Å². The molecular weight excluding hydrogens is 258 g/mol. The van der Waals surface area contributed by atoms with Gasteiger partial charge in [0.25, 0.3) is 0 Å². The largest absolute Gasteiger partial charge is 0.339 e. The van der Waals surface area contributed by atoms with Gasteiger partial charge < -0.3 is 10.3 Å². The molecule has 0 amide bonds. The van der Waals surface area contributed by atoms with Crippen LogP contribution in [0.1, 0.15) is 61.4 Å². The Morgan fingerprint density at radius 1 is 1.16 bits per heavy atom. The van der Waals surface area contributed by atoms with Crippen molar-refractivity contribution < 1.29 is 4.52 Å². The van der Waals surface area contributed by atoms with Gasteiger partial charge in [0.05, 0.1) is 11.2 Å². The second-order valence-corrected chi connectivity index (χ2v) is 7.59. The van der Waals surface area contributed by atoms with Crippen molar-refractivity contribution in [3.8, 4) is 0 Å². The van der Waals surface area contributed by atoms with E-state index >= 15 is 0 Å². The van der Waals surface area contributed by atoms with Gasteiger partial charge >= 0.3 is 0 Å². The van der Waals surface area contributed by atoms with Crippen LogP contribution in [0.25, 0.3) is 0 Å². The Morgan fingerprint density at radius 2 is 2.05 bits per heavy atom. The van der Waals surface area contributed by atoms with Crippen molar-refractivity contribution >= 4 is 11.8 Å². The molecule has 104 valence electrons. The SMILES string of the molecule is NC1C2CCC(C2)C1c1nc(C2CCCCS2)no1. The third-order valence-electron chi connectivity index (χ3n) is 5.19. The smallest absolute Gasteiger partial charge is 0.231 e. The maximum absolute atomic E-state index is 6.35. The molecule has 2 saturated carbocycles. The van der Waals surface area contributed by atoms with E-state index < -0.39 is 0 Å². The highest BCUT2D eigenvalue weighted by Gasteiger charge is 2.49. The number of nitrogens with two attached hydrogens (primary N) is 1. The van der Waals surface area contributed by atoms with Gasteiger partial charge in [-0.3, -0.25) is 0 Å². The highest BCUT2D eigenvalue weighted by molar-refractivity contribution is 7.99. The van der Waals surface area contributed by atoms with Gasteiger partial charge in [0, 0.05) is 6.04 Å². The topological polar surface area (TPSA) is 64.9 Å². The van der Waals surface area contributed by atoms with E-state index in [9.17, 15) is 0 Å². The van der Waals surface area contributed by atoms with Crippen LogP contribution in [0.2, 0.25) is 0 Å². The first-order valence-electron chi connectivity index (χ1n) is 7.53. The molecule has 2 bridgehead atoms. The number of nitrogens with zero attached hydrogens (tertiary/aromatic N) is 2. The number of rotatable bonds is 2. The summed E-state index contributed by atoms with van der Waals surface area (Å²) in [6.45, 7) is 0. The van der Waals surface area contributed by atoms with E-state index in [1.165, 1.54) is 44.3 Å². The molecule has 4 rings (SSSR count). The highest BCUT2D eigenvalue weighted by Crippen LogP contribution is 2.52. The van der Waals surface area contributed by atoms with E-state index in [0.29, 0.717) is 23.0 Å². The molecule has 0 spiro atoms. The molecule has 1 aliphatic heterocycles. The Balaban J connectivity index is 1.54. The van der Waals surface area contributed by atoms with Gasteiger partial charge in [0.2, 0.25) is 5.89 Å². The van der Waals surface area contributed by atoms with Crippen molar-refractivity contribution in [1.29, 1.82) is 0 Å². The summed E-state index contributed by atoms with van der Waals surface area (Å²) in [5.41, 5.74) is 6.35. The maximum Gasteiger partial charge on any atom is 0.231 e. The first kappa shape index (κ1) is 12.2. The van der Waals surface area contributed by atoms with Crippen LogP contribution < -0.4 is 5.73 Å². The number of fused-ring (bicyclic) bond motifs is 2. The zero-order valence-corrected chi connectivity index (χ0v) is 11.9. The van der Waals surface area contributed by atoms with E-state index in [4.69, 9.17) is 15.2 Å². The highest BCUT2D eigenvalue weighted by atomic mass is 32.2. The maximum atomic E-state index is 6.35. The van der Waals surface area contributed by atoms with Crippen LogP contribution in [0, 0.1) is 11.8 Å². The molecule has 3 aliphatic rings. The molecule has 1 aromatic heterocycles. The summed E-state index contributed by atoms with van der Waals surface area (Å²) >= 11 is 1.97. The third kappa shape index (κ3) is 2.02. The van der Waals surface area contributed by atoms with E-state index in [2.05, 4.69) is 5.16 Å². The van der Waals surface area contributed by atoms with Crippen LogP contribution in [0.4, 0.5) is 0 Å². The first-order valence-corrected chi connectivity index (χ1v) is 8.58. The first-order chi connectivity index (χ1) is 9.33. The molecule has 0 radical (unpaired) electrons. The van der Waals surface area contributed by atoms with Crippen LogP contribution in [0.3, 0.4) is 0 Å². The Hall–Kier alpha value is -0.550. The Bertz CT molecular complexity index is 455. The summed E-state index contributed by atoms with van der Waals surface area (Å²) in [6, 6.07) is 0.242. The summed E-state index contributed by atoms with van der Waals surface area (Å²) in [6.07, 6.45) is 7.65. The molecule has 1 saturated heterocycles. The Labute approximate surface area is 117 Å². The summed E-state index contributed by atoms with van der Waals surface area (Å²) in [5.74, 6) is 4.66. The molecule has 2 heterocycles. The van der Waals surface area contributed by atoms with Crippen LogP contribution in [-0.2, 0) is 0 Å². The lowest BCUT2D eigenvalue weighted by Crippen LogP contribution is -2.34. The molecule has 5 unspecified atom stereocenters. The monoisotopic (exact) mass is 279 g/mol. The molecule has 5 heteroatoms. The molecule has 1 aromatic rings. The number of thioether (sulfide) groups is 1. The van der Waals surface area contributed by atoms with Crippen molar-refractivity contribution in [3.63, 3.8) is 0 Å². The number of hydrogen-bond donors (Lipinski definition) is 1. The lowest BCUT2D eigenvalue weighted by molar-refractivity contribution is 0.278. The molecule has 5 atom stereocenters. The van der Waals surface area contributed by atoms with Gasteiger partial charge in [-0.15, -0.1) is 0 Å². The van der Waals surface area contributed by atoms with Crippen LogP contribution in [0.15, 0.2) is 4.52 Å². The molecule has 19 heavy (non-hydrogen) atoms. The second-order valence-electron chi connectivity index (χ2n) is 6.28. The van der Waals surface area contributed by atoms with Crippen LogP contribution in [0.5, 0.6) is 0 Å². The molecule has 4 nitrogen and oxygen atoms in total. The minimum atomic E-state index is 0.242. The van der Waals surface area contributed by atoms with Crippen molar-refractivity contribution in [2.75, 3.05) is 5.75 Å². The normalized spacial score (nSPS) is 41.8. The van der Waals surface area contributed by atoms with E-state index in [0.717, 1.165) is 11.7 Å². The summed E-state index contributed by atoms with van der Waals surface area (Å²) in [4.78, 5) is 4.71. The van der Waals surface area contributed by atoms with Gasteiger partial charge in [-0.2, -0.15) is 16.7 Å². The fourth-order valence-electron chi connectivity index (χ4n) is 4.16. The fraction of sp³-hybridized carbons (Fsp3) is 0.857. The average Bonchev–Trinajstić information content (AvgIpc) is 3.14. The second kappa shape index (κ2) is 4.77. The number of aromatic nitrogens is 2. The van der Waals surface area contributed by atoms with Gasteiger partial charge in [0.15, 0.2) is 5.82 Å². The van der Waals surface area contributed by atoms with Crippen LogP contribution in [-0.4, -0.2) is 21.9 Å². The molecule has 2 N–H and O–H groups in total. The molecular formula is C14H21N3OS. The van der Waals surface area contributed by atoms with Gasteiger partial charge in [-0.1, -0.05) is 11.6 Å². The van der Waals surface area contributed by atoms with Gasteiger partial charge in [-0.25, -0.2) is 0 Å². The van der Waals surface area contributed by atoms with Crippen molar-refractivity contribution in [1.82, 2.24) is 10.1 Å². The predicted octanol–water partition coefficient (Wildman–Crippen LogP) is 2.87. The van der Waals surface area contributed by atoms with E-state index in [1.807, 2.05) is 11.8 Å². The molecule has 0 aromatic carbocycles. The lowest BCUT2D eigenvalue weighted by atomic mass is 9.85. The minimum Gasteiger partial charge on any atom is -0.339 e. The van der Waals surface area contributed by atoms with Crippen molar-refractivity contribution in [2.24, 2.45) is 17.6 Å². The van der Waals surface area contributed by atoms with Crippen molar-refractivity contribution in [2.45, 2.75) is 55.7 Å². The standard InChI is InChI=1S/C14H21N3OS/c15-12-9-5-4-8(7-9)11(12)14-16-13(17-18-14)10-3-1-2-6-19-10/h8-12H,1-7,15H2. The van der Waals surface area contributed by atoms with E-state index in [1.54, 1.807) is 0 Å². The van der Waals surface area contributed by atoms with Gasteiger partial charge in [-0.05, 0) is 49.7 Å². The summed E-state index contributed by atoms with van der Waals surface area (Å²) in [7, 11) is 0. The quantitative estimate of drug-likeness (QED) is 0.901. The molecule has 3 fully saturated rings. The van der Waals surface area contributed by atoms with Crippen LogP contribution >= 0.6 is 11.8 Å². The summed E-state index contributed by atoms with van der Waals surface area (Å²) in [5, 5.41) is 4.69. The Morgan fingerprint density at radius 3 is 2.79 bits per heavy atom. The zero-order chi connectivity index (χ0) is 12.8. The van der Waals surface area contributed by atoms with Crippen molar-refractivity contribution in [3.05, 3.63) is 11.7 Å². The average molecular weight is 279 g/mol. The van der Waals surface area contributed by atoms with E-state index in [-0.39, 0.29) is 6.04 Å². The molecule has 2 aliphatic carbocycles. The Kier molecular flexibility index (Phi) is 3.07. The predicted molar refractivity (Wildman–Crippen MR) is 74.9 cm³/mol. The zero-order valence-electron chi connectivity index (χ0n) is 11.1. The lowest BCUT2D eigenvalue weighted by Gasteiger charge is -2.24. The summed E-state index contributed by atoms with van der Waals surface area (Å²) < 4.78 is 5.57. The number of hydrogen-bond acceptors (Lipinski definition) is 5.